The summed E-state index contributed by atoms with van der Waals surface area (Å²) in [5.74, 6) is -0.475. The molecule has 6 heteroatoms. The number of fused-ring (bicyclic) bond motifs is 1. The molecule has 1 amide bonds. The van der Waals surface area contributed by atoms with Crippen LogP contribution in [0, 0.1) is 5.41 Å². The second-order valence-corrected chi connectivity index (χ2v) is 6.78. The molecule has 0 aromatic carbocycles. The summed E-state index contributed by atoms with van der Waals surface area (Å²) in [6.07, 6.45) is -0.507. The first-order valence-corrected chi connectivity index (χ1v) is 6.62. The topological polar surface area (TPSA) is 72.8 Å². The van der Waals surface area contributed by atoms with Crippen LogP contribution in [-0.4, -0.2) is 27.3 Å². The number of carbonyl (C=O) groups excluding carboxylic acids is 1. The first kappa shape index (κ1) is 13.5. The fourth-order valence-corrected chi connectivity index (χ4v) is 3.17. The lowest BCUT2D eigenvalue weighted by Crippen LogP contribution is -2.40. The van der Waals surface area contributed by atoms with Crippen LogP contribution in [0.5, 0.6) is 0 Å². The van der Waals surface area contributed by atoms with Crippen molar-refractivity contribution in [1.29, 1.82) is 0 Å². The number of aliphatic hydroxyl groups is 1. The number of rotatable bonds is 2. The van der Waals surface area contributed by atoms with E-state index in [2.05, 4.69) is 0 Å². The molecule has 0 aliphatic carbocycles. The number of hydrogen-bond acceptors (Lipinski definition) is 5. The number of nitrogens with one attached hydrogen (secondary N) is 1. The third-order valence-corrected chi connectivity index (χ3v) is 4.22. The highest BCUT2D eigenvalue weighted by molar-refractivity contribution is 7.14. The van der Waals surface area contributed by atoms with E-state index in [0.717, 1.165) is 10.4 Å². The van der Waals surface area contributed by atoms with E-state index in [1.54, 1.807) is 11.5 Å². The second kappa shape index (κ2) is 4.62. The van der Waals surface area contributed by atoms with Crippen molar-refractivity contribution in [3.8, 4) is 0 Å². The molecular formula is C12H18N2O3S. The summed E-state index contributed by atoms with van der Waals surface area (Å²) in [7, 11) is 0. The van der Waals surface area contributed by atoms with Crippen LogP contribution in [-0.2, 0) is 13.1 Å². The van der Waals surface area contributed by atoms with Crippen LogP contribution >= 0.6 is 11.3 Å². The van der Waals surface area contributed by atoms with Gasteiger partial charge in [0, 0.05) is 23.4 Å². The summed E-state index contributed by atoms with van der Waals surface area (Å²) in [5.41, 5.74) is 2.50. The normalized spacial score (nSPS) is 17.6. The molecular weight excluding hydrogens is 252 g/mol. The summed E-state index contributed by atoms with van der Waals surface area (Å²) >= 11 is 1.36. The van der Waals surface area contributed by atoms with E-state index in [-0.39, 0.29) is 5.41 Å². The van der Waals surface area contributed by atoms with Crippen molar-refractivity contribution >= 4 is 17.2 Å². The van der Waals surface area contributed by atoms with E-state index >= 15 is 0 Å². The van der Waals surface area contributed by atoms with Gasteiger partial charge in [-0.05, 0) is 11.6 Å². The van der Waals surface area contributed by atoms with Crippen molar-refractivity contribution in [2.24, 2.45) is 5.41 Å². The van der Waals surface area contributed by atoms with Gasteiger partial charge in [-0.3, -0.25) is 14.9 Å². The number of hydroxylamine groups is 1. The lowest BCUT2D eigenvalue weighted by Gasteiger charge is -2.33. The maximum atomic E-state index is 11.3. The molecule has 0 radical (unpaired) electrons. The van der Waals surface area contributed by atoms with Crippen LogP contribution in [0.15, 0.2) is 6.07 Å². The number of carbonyl (C=O) groups is 1. The summed E-state index contributed by atoms with van der Waals surface area (Å²) < 4.78 is 0. The van der Waals surface area contributed by atoms with Crippen LogP contribution in [0.4, 0.5) is 0 Å². The molecule has 0 spiro atoms. The smallest absolute Gasteiger partial charge is 0.284 e. The van der Waals surface area contributed by atoms with Gasteiger partial charge in [0.2, 0.25) is 0 Å². The van der Waals surface area contributed by atoms with Gasteiger partial charge < -0.3 is 5.11 Å². The molecule has 0 saturated heterocycles. The van der Waals surface area contributed by atoms with Crippen LogP contribution < -0.4 is 5.48 Å². The van der Waals surface area contributed by atoms with Crippen LogP contribution in [0.2, 0.25) is 0 Å². The van der Waals surface area contributed by atoms with Gasteiger partial charge in [-0.2, -0.15) is 0 Å². The Morgan fingerprint density at radius 1 is 1.50 bits per heavy atom. The Morgan fingerprint density at radius 3 is 2.67 bits per heavy atom. The van der Waals surface area contributed by atoms with E-state index in [1.807, 2.05) is 25.7 Å². The van der Waals surface area contributed by atoms with Crippen molar-refractivity contribution in [2.75, 3.05) is 0 Å². The highest BCUT2D eigenvalue weighted by Gasteiger charge is 2.33. The zero-order valence-corrected chi connectivity index (χ0v) is 11.5. The van der Waals surface area contributed by atoms with E-state index in [0.29, 0.717) is 18.0 Å². The van der Waals surface area contributed by atoms with Gasteiger partial charge in [0.1, 0.15) is 6.23 Å². The van der Waals surface area contributed by atoms with Gasteiger partial charge >= 0.3 is 0 Å². The third kappa shape index (κ3) is 2.42. The van der Waals surface area contributed by atoms with E-state index < -0.39 is 12.1 Å². The Hall–Kier alpha value is -0.950. The molecule has 2 heterocycles. The standard InChI is InChI=1S/C12H18N2O3S/c1-12(2,3)11(16)14-5-7-4-8(10(15)13-17)18-9(7)6-14/h4,11,16-17H,5-6H2,1-3H3,(H,13,15). The van der Waals surface area contributed by atoms with Gasteiger partial charge in [0.15, 0.2) is 0 Å². The molecule has 1 atom stereocenters. The summed E-state index contributed by atoms with van der Waals surface area (Å²) in [4.78, 5) is 14.9. The molecule has 1 aromatic heterocycles. The van der Waals surface area contributed by atoms with Gasteiger partial charge in [0.05, 0.1) is 4.88 Å². The maximum absolute atomic E-state index is 11.3. The second-order valence-electron chi connectivity index (χ2n) is 5.64. The number of thiophene rings is 1. The van der Waals surface area contributed by atoms with Gasteiger partial charge in [-0.15, -0.1) is 11.3 Å². The Morgan fingerprint density at radius 2 is 2.17 bits per heavy atom. The van der Waals surface area contributed by atoms with Crippen molar-refractivity contribution in [3.63, 3.8) is 0 Å². The van der Waals surface area contributed by atoms with Crippen molar-refractivity contribution in [2.45, 2.75) is 40.1 Å². The zero-order valence-electron chi connectivity index (χ0n) is 10.7. The maximum Gasteiger partial charge on any atom is 0.284 e. The van der Waals surface area contributed by atoms with E-state index in [4.69, 9.17) is 5.21 Å². The monoisotopic (exact) mass is 270 g/mol. The average Bonchev–Trinajstić information content (AvgIpc) is 2.82. The quantitative estimate of drug-likeness (QED) is 0.563. The minimum absolute atomic E-state index is 0.195. The number of amides is 1. The summed E-state index contributed by atoms with van der Waals surface area (Å²) in [6, 6.07) is 1.78. The Kier molecular flexibility index (Phi) is 3.46. The first-order chi connectivity index (χ1) is 8.32. The largest absolute Gasteiger partial charge is 0.378 e. The molecule has 1 aromatic rings. The predicted molar refractivity (Wildman–Crippen MR) is 68.3 cm³/mol. The average molecular weight is 270 g/mol. The zero-order chi connectivity index (χ0) is 13.5. The highest BCUT2D eigenvalue weighted by atomic mass is 32.1. The number of aliphatic hydroxyl groups excluding tert-OH is 1. The lowest BCUT2D eigenvalue weighted by atomic mass is 9.93. The number of hydrogen-bond donors (Lipinski definition) is 3. The van der Waals surface area contributed by atoms with Crippen molar-refractivity contribution < 1.29 is 15.1 Å². The molecule has 100 valence electrons. The first-order valence-electron chi connectivity index (χ1n) is 5.81. The molecule has 0 fully saturated rings. The molecule has 0 bridgehead atoms. The minimum Gasteiger partial charge on any atom is -0.378 e. The van der Waals surface area contributed by atoms with Gasteiger partial charge in [-0.25, -0.2) is 5.48 Å². The van der Waals surface area contributed by atoms with Crippen LogP contribution in [0.25, 0.3) is 0 Å². The molecule has 1 aliphatic heterocycles. The number of nitrogens with zero attached hydrogens (tertiary/aromatic N) is 1. The predicted octanol–water partition coefficient (Wildman–Crippen LogP) is 1.55. The lowest BCUT2D eigenvalue weighted by molar-refractivity contribution is -0.0737. The summed E-state index contributed by atoms with van der Waals surface area (Å²) in [6.45, 7) is 7.28. The summed E-state index contributed by atoms with van der Waals surface area (Å²) in [5, 5.41) is 18.8. The van der Waals surface area contributed by atoms with E-state index in [1.165, 1.54) is 11.3 Å². The van der Waals surface area contributed by atoms with E-state index in [9.17, 15) is 9.90 Å². The minimum atomic E-state index is -0.507. The molecule has 1 aliphatic rings. The Labute approximate surface area is 110 Å². The van der Waals surface area contributed by atoms with Crippen LogP contribution in [0.3, 0.4) is 0 Å². The van der Waals surface area contributed by atoms with Gasteiger partial charge in [-0.1, -0.05) is 20.8 Å². The third-order valence-electron chi connectivity index (χ3n) is 3.06. The molecule has 3 N–H and O–H groups in total. The van der Waals surface area contributed by atoms with Crippen molar-refractivity contribution in [1.82, 2.24) is 10.4 Å². The molecule has 18 heavy (non-hydrogen) atoms. The molecule has 0 saturated carbocycles. The van der Waals surface area contributed by atoms with Gasteiger partial charge in [0.25, 0.3) is 5.91 Å². The highest BCUT2D eigenvalue weighted by Crippen LogP contribution is 2.35. The Bertz CT molecular complexity index is 441. The molecule has 1 unspecified atom stereocenters. The SMILES string of the molecule is CC(C)(C)C(O)N1Cc2cc(C(=O)NO)sc2C1. The van der Waals surface area contributed by atoms with Crippen LogP contribution in [0.1, 0.15) is 40.9 Å². The Balaban J connectivity index is 2.11. The fourth-order valence-electron chi connectivity index (χ4n) is 2.08. The fraction of sp³-hybridized carbons (Fsp3) is 0.583. The molecule has 5 nitrogen and oxygen atoms in total. The molecule has 2 rings (SSSR count). The van der Waals surface area contributed by atoms with Crippen molar-refractivity contribution in [3.05, 3.63) is 21.4 Å².